The first-order valence-electron chi connectivity index (χ1n) is 13.0. The summed E-state index contributed by atoms with van der Waals surface area (Å²) in [4.78, 5) is 40.2. The number of ether oxygens (including phenoxy) is 1. The molecule has 5 N–H and O–H groups in total. The van der Waals surface area contributed by atoms with E-state index in [1.54, 1.807) is 47.8 Å². The van der Waals surface area contributed by atoms with Gasteiger partial charge in [0.25, 0.3) is 11.8 Å². The maximum Gasteiger partial charge on any atom is 0.339 e. The zero-order valence-corrected chi connectivity index (χ0v) is 23.9. The van der Waals surface area contributed by atoms with E-state index in [9.17, 15) is 14.4 Å². The van der Waals surface area contributed by atoms with Crippen LogP contribution in [0.3, 0.4) is 0 Å². The summed E-state index contributed by atoms with van der Waals surface area (Å²) >= 11 is 1.31. The minimum Gasteiger partial charge on any atom is -0.457 e. The third-order valence-corrected chi connectivity index (χ3v) is 7.05. The number of carbonyl (C=O) groups excluding carboxylic acids is 3. The van der Waals surface area contributed by atoms with Crippen molar-refractivity contribution >= 4 is 40.6 Å². The number of amides is 2. The number of esters is 1. The molecule has 0 unspecified atom stereocenters. The zero-order chi connectivity index (χ0) is 29.6. The molecule has 0 bridgehead atoms. The van der Waals surface area contributed by atoms with E-state index in [0.717, 1.165) is 5.56 Å². The SMILES string of the molecule is CC(C)(C)CNC(=O)c1ccc(-c2sccc2C(=O)Nc2ccc(C(=N)N)cc2)c(C(=O)OCc2ccccc2)c1. The quantitative estimate of drug-likeness (QED) is 0.110. The molecule has 1 aromatic heterocycles. The Morgan fingerprint density at radius 1 is 0.878 bits per heavy atom. The fourth-order valence-electron chi connectivity index (χ4n) is 3.93. The van der Waals surface area contributed by atoms with Gasteiger partial charge in [-0.1, -0.05) is 57.2 Å². The van der Waals surface area contributed by atoms with Crippen LogP contribution in [-0.4, -0.2) is 30.2 Å². The molecule has 0 saturated heterocycles. The molecule has 210 valence electrons. The number of thiophene rings is 1. The van der Waals surface area contributed by atoms with Crippen molar-refractivity contribution < 1.29 is 19.1 Å². The summed E-state index contributed by atoms with van der Waals surface area (Å²) in [6.07, 6.45) is 0. The van der Waals surface area contributed by atoms with Crippen molar-refractivity contribution in [2.24, 2.45) is 11.1 Å². The molecule has 4 rings (SSSR count). The molecule has 1 heterocycles. The van der Waals surface area contributed by atoms with Crippen LogP contribution in [0.1, 0.15) is 63.0 Å². The van der Waals surface area contributed by atoms with Crippen LogP contribution >= 0.6 is 11.3 Å². The minimum atomic E-state index is -0.603. The van der Waals surface area contributed by atoms with Crippen molar-refractivity contribution in [3.8, 4) is 10.4 Å². The van der Waals surface area contributed by atoms with Crippen LogP contribution in [0.25, 0.3) is 10.4 Å². The first kappa shape index (κ1) is 29.2. The summed E-state index contributed by atoms with van der Waals surface area (Å²) in [6.45, 7) is 6.58. The van der Waals surface area contributed by atoms with Gasteiger partial charge in [0, 0.05) is 33.8 Å². The van der Waals surface area contributed by atoms with Crippen molar-refractivity contribution in [1.82, 2.24) is 5.32 Å². The fraction of sp³-hybridized carbons (Fsp3) is 0.188. The van der Waals surface area contributed by atoms with Crippen molar-refractivity contribution in [3.63, 3.8) is 0 Å². The largest absolute Gasteiger partial charge is 0.457 e. The molecule has 0 aliphatic carbocycles. The maximum absolute atomic E-state index is 13.4. The zero-order valence-electron chi connectivity index (χ0n) is 23.1. The molecule has 3 aromatic carbocycles. The van der Waals surface area contributed by atoms with Crippen LogP contribution in [0, 0.1) is 10.8 Å². The van der Waals surface area contributed by atoms with Gasteiger partial charge in [0.15, 0.2) is 0 Å². The van der Waals surface area contributed by atoms with E-state index in [0.29, 0.717) is 39.4 Å². The van der Waals surface area contributed by atoms with Gasteiger partial charge in [0.05, 0.1) is 11.1 Å². The molecular weight excluding hydrogens is 536 g/mol. The third-order valence-electron chi connectivity index (χ3n) is 6.10. The number of carbonyl (C=O) groups is 3. The molecule has 0 saturated carbocycles. The van der Waals surface area contributed by atoms with Gasteiger partial charge in [-0.15, -0.1) is 11.3 Å². The Morgan fingerprint density at radius 3 is 2.22 bits per heavy atom. The van der Waals surface area contributed by atoms with Gasteiger partial charge in [0.2, 0.25) is 0 Å². The third kappa shape index (κ3) is 7.67. The summed E-state index contributed by atoms with van der Waals surface area (Å²) in [6, 6.07) is 22.5. The molecular formula is C32H32N4O4S. The van der Waals surface area contributed by atoms with Crippen molar-refractivity contribution in [2.45, 2.75) is 27.4 Å². The van der Waals surface area contributed by atoms with E-state index in [1.165, 1.54) is 17.4 Å². The van der Waals surface area contributed by atoms with E-state index in [-0.39, 0.29) is 35.2 Å². The minimum absolute atomic E-state index is 0.0631. The predicted octanol–water partition coefficient (Wildman–Crippen LogP) is 6.08. The normalized spacial score (nSPS) is 11.0. The predicted molar refractivity (Wildman–Crippen MR) is 163 cm³/mol. The molecule has 2 amide bonds. The first-order chi connectivity index (χ1) is 19.5. The lowest BCUT2D eigenvalue weighted by molar-refractivity contribution is 0.0473. The molecule has 0 spiro atoms. The van der Waals surface area contributed by atoms with Gasteiger partial charge in [-0.3, -0.25) is 15.0 Å². The topological polar surface area (TPSA) is 134 Å². The van der Waals surface area contributed by atoms with Gasteiger partial charge in [0.1, 0.15) is 12.4 Å². The van der Waals surface area contributed by atoms with Crippen molar-refractivity contribution in [3.05, 3.63) is 112 Å². The summed E-state index contributed by atoms with van der Waals surface area (Å²) in [5.74, 6) is -1.34. The van der Waals surface area contributed by atoms with Crippen LogP contribution in [0.4, 0.5) is 5.69 Å². The highest BCUT2D eigenvalue weighted by Crippen LogP contribution is 2.34. The molecule has 8 nitrogen and oxygen atoms in total. The maximum atomic E-state index is 13.4. The summed E-state index contributed by atoms with van der Waals surface area (Å²) < 4.78 is 5.63. The smallest absolute Gasteiger partial charge is 0.339 e. The molecule has 9 heteroatoms. The molecule has 41 heavy (non-hydrogen) atoms. The summed E-state index contributed by atoms with van der Waals surface area (Å²) in [5.41, 5.74) is 8.67. The highest BCUT2D eigenvalue weighted by atomic mass is 32.1. The molecule has 4 aromatic rings. The number of hydrogen-bond acceptors (Lipinski definition) is 6. The first-order valence-corrected chi connectivity index (χ1v) is 13.9. The van der Waals surface area contributed by atoms with Crippen molar-refractivity contribution in [1.29, 1.82) is 5.41 Å². The Bertz CT molecular complexity index is 1570. The average Bonchev–Trinajstić information content (AvgIpc) is 3.45. The molecule has 0 radical (unpaired) electrons. The van der Waals surface area contributed by atoms with E-state index >= 15 is 0 Å². The van der Waals surface area contributed by atoms with E-state index < -0.39 is 5.97 Å². The monoisotopic (exact) mass is 568 g/mol. The molecule has 0 aliphatic heterocycles. The van der Waals surface area contributed by atoms with Crippen molar-refractivity contribution in [2.75, 3.05) is 11.9 Å². The van der Waals surface area contributed by atoms with Gasteiger partial charge < -0.3 is 21.1 Å². The second kappa shape index (κ2) is 12.6. The molecule has 0 atom stereocenters. The number of hydrogen-bond donors (Lipinski definition) is 4. The number of nitrogen functional groups attached to an aromatic ring is 1. The number of nitrogens with one attached hydrogen (secondary N) is 3. The second-order valence-electron chi connectivity index (χ2n) is 10.7. The highest BCUT2D eigenvalue weighted by Gasteiger charge is 2.23. The van der Waals surface area contributed by atoms with Gasteiger partial charge in [-0.05, 0) is 58.8 Å². The Hall–Kier alpha value is -4.76. The highest BCUT2D eigenvalue weighted by molar-refractivity contribution is 7.14. The van der Waals surface area contributed by atoms with Crippen LogP contribution < -0.4 is 16.4 Å². The van der Waals surface area contributed by atoms with Crippen LogP contribution in [0.15, 0.2) is 84.2 Å². The van der Waals surface area contributed by atoms with Gasteiger partial charge >= 0.3 is 5.97 Å². The Morgan fingerprint density at radius 2 is 1.56 bits per heavy atom. The van der Waals surface area contributed by atoms with E-state index in [4.69, 9.17) is 15.9 Å². The second-order valence-corrected chi connectivity index (χ2v) is 11.6. The number of rotatable bonds is 9. The lowest BCUT2D eigenvalue weighted by atomic mass is 9.96. The number of nitrogens with two attached hydrogens (primary N) is 1. The summed E-state index contributed by atoms with van der Waals surface area (Å²) in [7, 11) is 0. The Kier molecular flexibility index (Phi) is 8.99. The van der Waals surface area contributed by atoms with E-state index in [2.05, 4.69) is 10.6 Å². The Balaban J connectivity index is 1.65. The van der Waals surface area contributed by atoms with Crippen LogP contribution in [0.5, 0.6) is 0 Å². The summed E-state index contributed by atoms with van der Waals surface area (Å²) in [5, 5.41) is 15.1. The standard InChI is InChI=1S/C32H32N4O4S/c1-32(2,3)19-35-29(37)22-11-14-24(26(17-22)31(39)40-18-20-7-5-4-6-8-20)27-25(15-16-41-27)30(38)36-23-12-9-21(10-13-23)28(33)34/h4-17H,18-19H2,1-3H3,(H3,33,34)(H,35,37)(H,36,38). The lowest BCUT2D eigenvalue weighted by Crippen LogP contribution is -2.32. The number of anilines is 1. The van der Waals surface area contributed by atoms with E-state index in [1.807, 2.05) is 51.1 Å². The Labute approximate surface area is 243 Å². The lowest BCUT2D eigenvalue weighted by Gasteiger charge is -2.19. The fourth-order valence-corrected chi connectivity index (χ4v) is 4.86. The molecule has 0 fully saturated rings. The average molecular weight is 569 g/mol. The van der Waals surface area contributed by atoms with Crippen LogP contribution in [0.2, 0.25) is 0 Å². The number of benzene rings is 3. The number of amidine groups is 1. The van der Waals surface area contributed by atoms with Gasteiger partial charge in [-0.25, -0.2) is 4.79 Å². The molecule has 0 aliphatic rings. The van der Waals surface area contributed by atoms with Crippen LogP contribution in [-0.2, 0) is 11.3 Å². The van der Waals surface area contributed by atoms with Gasteiger partial charge in [-0.2, -0.15) is 0 Å².